The summed E-state index contributed by atoms with van der Waals surface area (Å²) in [6.07, 6.45) is 6.01. The van der Waals surface area contributed by atoms with Crippen molar-refractivity contribution >= 4 is 29.7 Å². The molecule has 4 rings (SSSR count). The Morgan fingerprint density at radius 2 is 1.48 bits per heavy atom. The molecule has 2 fully saturated rings. The number of rotatable bonds is 4. The van der Waals surface area contributed by atoms with E-state index in [-0.39, 0.29) is 18.0 Å². The van der Waals surface area contributed by atoms with Crippen LogP contribution in [0.5, 0.6) is 0 Å². The highest BCUT2D eigenvalue weighted by atomic mass is 16.2. The molecular formula is C23H25N3O3. The van der Waals surface area contributed by atoms with E-state index in [0.29, 0.717) is 17.8 Å². The lowest BCUT2D eigenvalue weighted by atomic mass is 9.94. The van der Waals surface area contributed by atoms with Crippen LogP contribution < -0.4 is 10.2 Å². The van der Waals surface area contributed by atoms with Gasteiger partial charge in [-0.05, 0) is 37.1 Å². The summed E-state index contributed by atoms with van der Waals surface area (Å²) in [5.74, 6) is -0.299. The van der Waals surface area contributed by atoms with Crippen molar-refractivity contribution in [1.29, 1.82) is 0 Å². The number of nitrogens with zero attached hydrogens (tertiary/aromatic N) is 2. The fourth-order valence-corrected chi connectivity index (χ4v) is 3.67. The Morgan fingerprint density at radius 3 is 2.07 bits per heavy atom. The van der Waals surface area contributed by atoms with Crippen LogP contribution in [-0.4, -0.2) is 29.3 Å². The molecule has 1 N–H and O–H groups in total. The molecule has 6 nitrogen and oxygen atoms in total. The molecule has 1 saturated carbocycles. The number of urea groups is 1. The standard InChI is InChI=1S/C16H18N2O2.C7H7NO/c1-12-15(19)18(14-10-6-3-7-11-14)16(20)17(12)13-8-4-2-5-9-13;9-6-8-7-4-2-1-3-5-7/h3,6-7,10-11,13H,1-2,4-5,8-9H2;1-6H,(H,8,9). The van der Waals surface area contributed by atoms with Crippen molar-refractivity contribution in [3.8, 4) is 0 Å². The molecule has 2 aliphatic rings. The second kappa shape index (κ2) is 9.68. The van der Waals surface area contributed by atoms with Crippen molar-refractivity contribution in [1.82, 2.24) is 4.90 Å². The number of para-hydroxylation sites is 2. The zero-order valence-electron chi connectivity index (χ0n) is 16.3. The van der Waals surface area contributed by atoms with Gasteiger partial charge in [-0.15, -0.1) is 0 Å². The number of hydrogen-bond acceptors (Lipinski definition) is 3. The van der Waals surface area contributed by atoms with E-state index in [0.717, 1.165) is 31.4 Å². The van der Waals surface area contributed by atoms with Crippen molar-refractivity contribution in [3.05, 3.63) is 72.9 Å². The number of nitrogens with one attached hydrogen (secondary N) is 1. The zero-order valence-corrected chi connectivity index (χ0v) is 16.3. The molecule has 1 heterocycles. The van der Waals surface area contributed by atoms with Crippen LogP contribution in [0.3, 0.4) is 0 Å². The fraction of sp³-hybridized carbons (Fsp3) is 0.261. The van der Waals surface area contributed by atoms with Gasteiger partial charge in [0.05, 0.1) is 5.69 Å². The van der Waals surface area contributed by atoms with E-state index in [2.05, 4.69) is 11.9 Å². The molecule has 0 spiro atoms. The van der Waals surface area contributed by atoms with Gasteiger partial charge in [-0.3, -0.25) is 14.5 Å². The maximum atomic E-state index is 12.6. The minimum Gasteiger partial charge on any atom is -0.329 e. The first-order chi connectivity index (χ1) is 14.1. The van der Waals surface area contributed by atoms with Gasteiger partial charge in [-0.25, -0.2) is 9.69 Å². The van der Waals surface area contributed by atoms with Gasteiger partial charge in [0, 0.05) is 11.7 Å². The summed E-state index contributed by atoms with van der Waals surface area (Å²) in [4.78, 5) is 37.6. The third-order valence-electron chi connectivity index (χ3n) is 5.09. The molecule has 0 bridgehead atoms. The Hall–Kier alpha value is -3.41. The van der Waals surface area contributed by atoms with E-state index in [9.17, 15) is 14.4 Å². The predicted octanol–water partition coefficient (Wildman–Crippen LogP) is 4.56. The number of imide groups is 1. The van der Waals surface area contributed by atoms with Gasteiger partial charge in [0.15, 0.2) is 0 Å². The fourth-order valence-electron chi connectivity index (χ4n) is 3.67. The van der Waals surface area contributed by atoms with Crippen molar-refractivity contribution in [2.45, 2.75) is 38.1 Å². The molecule has 4 amide bonds. The second-order valence-electron chi connectivity index (χ2n) is 7.00. The number of carbonyl (C=O) groups excluding carboxylic acids is 3. The molecule has 0 radical (unpaired) electrons. The Labute approximate surface area is 170 Å². The van der Waals surface area contributed by atoms with Crippen LogP contribution >= 0.6 is 0 Å². The Balaban J connectivity index is 0.000000224. The lowest BCUT2D eigenvalue weighted by Crippen LogP contribution is -2.39. The number of benzene rings is 2. The van der Waals surface area contributed by atoms with Crippen LogP contribution in [0, 0.1) is 0 Å². The van der Waals surface area contributed by atoms with Crippen LogP contribution in [0.1, 0.15) is 32.1 Å². The van der Waals surface area contributed by atoms with E-state index in [1.54, 1.807) is 17.0 Å². The van der Waals surface area contributed by atoms with Gasteiger partial charge in [0.1, 0.15) is 5.70 Å². The van der Waals surface area contributed by atoms with E-state index in [1.165, 1.54) is 11.3 Å². The lowest BCUT2D eigenvalue weighted by molar-refractivity contribution is -0.114. The minimum absolute atomic E-state index is 0.126. The van der Waals surface area contributed by atoms with Gasteiger partial charge < -0.3 is 5.32 Å². The number of anilines is 2. The molecule has 6 heteroatoms. The Morgan fingerprint density at radius 1 is 0.897 bits per heavy atom. The van der Waals surface area contributed by atoms with Crippen molar-refractivity contribution in [2.75, 3.05) is 10.2 Å². The average Bonchev–Trinajstić information content (AvgIpc) is 2.99. The van der Waals surface area contributed by atoms with E-state index < -0.39 is 0 Å². The highest BCUT2D eigenvalue weighted by Crippen LogP contribution is 2.33. The summed E-state index contributed by atoms with van der Waals surface area (Å²) in [7, 11) is 0. The Kier molecular flexibility index (Phi) is 6.79. The number of hydrogen-bond donors (Lipinski definition) is 1. The van der Waals surface area contributed by atoms with E-state index in [4.69, 9.17) is 0 Å². The topological polar surface area (TPSA) is 69.7 Å². The van der Waals surface area contributed by atoms with Crippen LogP contribution in [0.4, 0.5) is 16.2 Å². The molecule has 0 unspecified atom stereocenters. The molecule has 1 aliphatic carbocycles. The molecule has 0 aromatic heterocycles. The lowest BCUT2D eigenvalue weighted by Gasteiger charge is -2.30. The SMILES string of the molecule is C=C1C(=O)N(c2ccccc2)C(=O)N1C1CCCCC1.O=CNc1ccccc1. The molecule has 1 saturated heterocycles. The van der Waals surface area contributed by atoms with Gasteiger partial charge in [0.2, 0.25) is 6.41 Å². The first kappa shape index (κ1) is 20.3. The largest absolute Gasteiger partial charge is 0.336 e. The molecular weight excluding hydrogens is 366 g/mol. The third kappa shape index (κ3) is 4.71. The third-order valence-corrected chi connectivity index (χ3v) is 5.09. The van der Waals surface area contributed by atoms with Crippen LogP contribution in [-0.2, 0) is 9.59 Å². The first-order valence-electron chi connectivity index (χ1n) is 9.80. The van der Waals surface area contributed by atoms with Crippen LogP contribution in [0.25, 0.3) is 0 Å². The molecule has 0 atom stereocenters. The van der Waals surface area contributed by atoms with Crippen molar-refractivity contribution < 1.29 is 14.4 Å². The normalized spacial score (nSPS) is 17.0. The zero-order chi connectivity index (χ0) is 20.6. The monoisotopic (exact) mass is 391 g/mol. The molecule has 150 valence electrons. The minimum atomic E-state index is -0.299. The van der Waals surface area contributed by atoms with Gasteiger partial charge in [0.25, 0.3) is 5.91 Å². The number of carbonyl (C=O) groups is 3. The summed E-state index contributed by atoms with van der Waals surface area (Å²) in [6.45, 7) is 3.83. The van der Waals surface area contributed by atoms with Crippen LogP contribution in [0.15, 0.2) is 72.9 Å². The maximum absolute atomic E-state index is 12.6. The van der Waals surface area contributed by atoms with Gasteiger partial charge in [-0.1, -0.05) is 62.2 Å². The molecule has 29 heavy (non-hydrogen) atoms. The first-order valence-corrected chi connectivity index (χ1v) is 9.80. The van der Waals surface area contributed by atoms with Gasteiger partial charge in [-0.2, -0.15) is 0 Å². The quantitative estimate of drug-likeness (QED) is 0.472. The molecule has 1 aliphatic heterocycles. The van der Waals surface area contributed by atoms with Crippen molar-refractivity contribution in [3.63, 3.8) is 0 Å². The summed E-state index contributed by atoms with van der Waals surface area (Å²) in [5, 5.41) is 2.53. The van der Waals surface area contributed by atoms with E-state index in [1.807, 2.05) is 48.5 Å². The molecule has 2 aromatic carbocycles. The Bertz CT molecular complexity index is 861. The molecule has 2 aromatic rings. The second-order valence-corrected chi connectivity index (χ2v) is 7.00. The van der Waals surface area contributed by atoms with Gasteiger partial charge >= 0.3 is 6.03 Å². The highest BCUT2D eigenvalue weighted by Gasteiger charge is 2.44. The smallest absolute Gasteiger partial charge is 0.329 e. The van der Waals surface area contributed by atoms with Crippen LogP contribution in [0.2, 0.25) is 0 Å². The highest BCUT2D eigenvalue weighted by molar-refractivity contribution is 6.26. The number of amides is 4. The average molecular weight is 391 g/mol. The summed E-state index contributed by atoms with van der Waals surface area (Å²) < 4.78 is 0. The van der Waals surface area contributed by atoms with E-state index >= 15 is 0 Å². The summed E-state index contributed by atoms with van der Waals surface area (Å²) in [5.41, 5.74) is 1.75. The predicted molar refractivity (Wildman–Crippen MR) is 113 cm³/mol. The maximum Gasteiger partial charge on any atom is 0.336 e. The van der Waals surface area contributed by atoms with Crippen molar-refractivity contribution in [2.24, 2.45) is 0 Å². The summed E-state index contributed by atoms with van der Waals surface area (Å²) >= 11 is 0. The summed E-state index contributed by atoms with van der Waals surface area (Å²) in [6, 6.07) is 18.2.